The predicted molar refractivity (Wildman–Crippen MR) is 70.4 cm³/mol. The van der Waals surface area contributed by atoms with E-state index in [1.165, 1.54) is 6.54 Å². The smallest absolute Gasteiger partial charge is 0.0734 e. The Hall–Kier alpha value is -0.420. The highest BCUT2D eigenvalue weighted by Crippen LogP contribution is 2.00. The summed E-state index contributed by atoms with van der Waals surface area (Å²) in [5, 5.41) is 3.25. The van der Waals surface area contributed by atoms with Crippen molar-refractivity contribution in [3.63, 3.8) is 0 Å². The maximum Gasteiger partial charge on any atom is 0.0734 e. The number of rotatable bonds is 3. The molecular formula is C13H26N2O2. The molecule has 1 N–H and O–H groups in total. The molecule has 0 aliphatic carbocycles. The van der Waals surface area contributed by atoms with Gasteiger partial charge >= 0.3 is 0 Å². The molecule has 2 fully saturated rings. The number of nitrogens with zero attached hydrogens (tertiary/aromatic N) is 1. The second-order valence-corrected chi connectivity index (χ2v) is 4.27. The number of hydrogen-bond donors (Lipinski definition) is 1. The topological polar surface area (TPSA) is 33.7 Å². The van der Waals surface area contributed by atoms with Crippen LogP contribution in [0.1, 0.15) is 13.3 Å². The average molecular weight is 242 g/mol. The highest BCUT2D eigenvalue weighted by atomic mass is 16.5. The quantitative estimate of drug-likeness (QED) is 0.745. The van der Waals surface area contributed by atoms with E-state index < -0.39 is 0 Å². The second kappa shape index (κ2) is 9.59. The van der Waals surface area contributed by atoms with Crippen LogP contribution in [0.2, 0.25) is 0 Å². The molecule has 17 heavy (non-hydrogen) atoms. The molecule has 0 aromatic heterocycles. The molecule has 0 saturated carbocycles. The van der Waals surface area contributed by atoms with Crippen LogP contribution < -0.4 is 5.32 Å². The average Bonchev–Trinajstić information content (AvgIpc) is 2.42. The Morgan fingerprint density at radius 2 is 2.12 bits per heavy atom. The van der Waals surface area contributed by atoms with E-state index in [1.807, 2.05) is 6.08 Å². The highest BCUT2D eigenvalue weighted by Gasteiger charge is 2.09. The Bertz CT molecular complexity index is 188. The van der Waals surface area contributed by atoms with Crippen molar-refractivity contribution in [3.05, 3.63) is 12.7 Å². The van der Waals surface area contributed by atoms with Gasteiger partial charge < -0.3 is 14.8 Å². The van der Waals surface area contributed by atoms with Crippen LogP contribution in [0, 0.1) is 0 Å². The molecule has 100 valence electrons. The molecule has 0 spiro atoms. The van der Waals surface area contributed by atoms with Crippen LogP contribution in [0.15, 0.2) is 12.7 Å². The summed E-state index contributed by atoms with van der Waals surface area (Å²) in [6.45, 7) is 13.9. The van der Waals surface area contributed by atoms with E-state index in [4.69, 9.17) is 9.47 Å². The maximum absolute atomic E-state index is 5.38. The number of hydrogen-bond acceptors (Lipinski definition) is 4. The van der Waals surface area contributed by atoms with Crippen LogP contribution in [-0.2, 0) is 9.47 Å². The number of ether oxygens (including phenoxy) is 2. The van der Waals surface area contributed by atoms with Gasteiger partial charge in [-0.25, -0.2) is 0 Å². The largest absolute Gasteiger partial charge is 0.379 e. The third-order valence-corrected chi connectivity index (χ3v) is 2.98. The molecule has 0 bridgehead atoms. The first kappa shape index (κ1) is 14.6. The molecule has 0 aromatic rings. The Balaban J connectivity index is 0.000000171. The molecule has 0 radical (unpaired) electrons. The van der Waals surface area contributed by atoms with Crippen LogP contribution >= 0.6 is 0 Å². The molecule has 4 nitrogen and oxygen atoms in total. The van der Waals surface area contributed by atoms with Crippen molar-refractivity contribution >= 4 is 0 Å². The summed E-state index contributed by atoms with van der Waals surface area (Å²) in [4.78, 5) is 2.39. The van der Waals surface area contributed by atoms with Gasteiger partial charge in [0.25, 0.3) is 0 Å². The molecule has 0 aromatic carbocycles. The Morgan fingerprint density at radius 3 is 2.59 bits per heavy atom. The molecule has 2 aliphatic heterocycles. The van der Waals surface area contributed by atoms with E-state index in [0.29, 0.717) is 6.10 Å². The first-order chi connectivity index (χ1) is 8.36. The summed E-state index contributed by atoms with van der Waals surface area (Å²) in [7, 11) is 0. The molecule has 4 heteroatoms. The summed E-state index contributed by atoms with van der Waals surface area (Å²) in [6.07, 6.45) is 3.24. The zero-order chi connectivity index (χ0) is 12.3. The molecular weight excluding hydrogens is 216 g/mol. The van der Waals surface area contributed by atoms with Crippen LogP contribution in [0.5, 0.6) is 0 Å². The predicted octanol–water partition coefficient (Wildman–Crippen LogP) is 0.889. The van der Waals surface area contributed by atoms with Gasteiger partial charge in [0, 0.05) is 26.2 Å². The van der Waals surface area contributed by atoms with Crippen molar-refractivity contribution in [1.29, 1.82) is 0 Å². The highest BCUT2D eigenvalue weighted by molar-refractivity contribution is 4.76. The van der Waals surface area contributed by atoms with Gasteiger partial charge in [0.1, 0.15) is 0 Å². The van der Waals surface area contributed by atoms with E-state index in [-0.39, 0.29) is 0 Å². The minimum atomic E-state index is 0.372. The van der Waals surface area contributed by atoms with Crippen molar-refractivity contribution in [3.8, 4) is 0 Å². The lowest BCUT2D eigenvalue weighted by Gasteiger charge is -2.24. The van der Waals surface area contributed by atoms with Gasteiger partial charge in [-0.1, -0.05) is 13.0 Å². The second-order valence-electron chi connectivity index (χ2n) is 4.27. The van der Waals surface area contributed by atoms with Crippen molar-refractivity contribution in [2.75, 3.05) is 52.5 Å². The number of likely N-dealkylation sites (N-methyl/N-ethyl adjacent to an activating group) is 1. The van der Waals surface area contributed by atoms with Crippen LogP contribution in [0.3, 0.4) is 0 Å². The normalized spacial score (nSPS) is 25.8. The zero-order valence-electron chi connectivity index (χ0n) is 11.0. The molecule has 2 heterocycles. The minimum Gasteiger partial charge on any atom is -0.379 e. The van der Waals surface area contributed by atoms with Gasteiger partial charge in [-0.15, -0.1) is 6.58 Å². The fourth-order valence-corrected chi connectivity index (χ4v) is 1.87. The third kappa shape index (κ3) is 6.78. The maximum atomic E-state index is 5.38. The molecule has 1 unspecified atom stereocenters. The molecule has 2 aliphatic rings. The lowest BCUT2D eigenvalue weighted by molar-refractivity contribution is 0.0309. The van der Waals surface area contributed by atoms with Crippen molar-refractivity contribution < 1.29 is 9.47 Å². The fourth-order valence-electron chi connectivity index (χ4n) is 1.87. The standard InChI is InChI=1S/C7H13NO.C6H13NO/c1-2-3-7-6-8-4-5-9-7;1-2-7-3-5-8-6-4-7/h2,7-8H,1,3-6H2;2-6H2,1H3. The van der Waals surface area contributed by atoms with Gasteiger partial charge in [-0.3, -0.25) is 4.90 Å². The summed E-state index contributed by atoms with van der Waals surface area (Å²) in [6, 6.07) is 0. The molecule has 0 amide bonds. The molecule has 2 saturated heterocycles. The monoisotopic (exact) mass is 242 g/mol. The number of morpholine rings is 2. The van der Waals surface area contributed by atoms with Crippen molar-refractivity contribution in [1.82, 2.24) is 10.2 Å². The summed E-state index contributed by atoms with van der Waals surface area (Å²) in [5.41, 5.74) is 0. The van der Waals surface area contributed by atoms with Crippen LogP contribution in [0.25, 0.3) is 0 Å². The van der Waals surface area contributed by atoms with Gasteiger partial charge in [0.2, 0.25) is 0 Å². The van der Waals surface area contributed by atoms with Gasteiger partial charge in [0.15, 0.2) is 0 Å². The Morgan fingerprint density at radius 1 is 1.35 bits per heavy atom. The first-order valence-corrected chi connectivity index (χ1v) is 6.60. The molecule has 2 rings (SSSR count). The first-order valence-electron chi connectivity index (χ1n) is 6.60. The van der Waals surface area contributed by atoms with Crippen LogP contribution in [-0.4, -0.2) is 63.5 Å². The third-order valence-electron chi connectivity index (χ3n) is 2.98. The Kier molecular flexibility index (Phi) is 8.26. The van der Waals surface area contributed by atoms with Gasteiger partial charge in [-0.2, -0.15) is 0 Å². The summed E-state index contributed by atoms with van der Waals surface area (Å²) in [5.74, 6) is 0. The lowest BCUT2D eigenvalue weighted by atomic mass is 10.2. The molecule has 1 atom stereocenters. The van der Waals surface area contributed by atoms with Crippen molar-refractivity contribution in [2.24, 2.45) is 0 Å². The lowest BCUT2D eigenvalue weighted by Crippen LogP contribution is -2.38. The van der Waals surface area contributed by atoms with E-state index in [9.17, 15) is 0 Å². The summed E-state index contributed by atoms with van der Waals surface area (Å²) >= 11 is 0. The van der Waals surface area contributed by atoms with E-state index >= 15 is 0 Å². The fraction of sp³-hybridized carbons (Fsp3) is 0.846. The van der Waals surface area contributed by atoms with Crippen LogP contribution in [0.4, 0.5) is 0 Å². The minimum absolute atomic E-state index is 0.372. The van der Waals surface area contributed by atoms with E-state index in [0.717, 1.165) is 52.4 Å². The van der Waals surface area contributed by atoms with Crippen molar-refractivity contribution in [2.45, 2.75) is 19.4 Å². The van der Waals surface area contributed by atoms with E-state index in [1.54, 1.807) is 0 Å². The van der Waals surface area contributed by atoms with Gasteiger partial charge in [0.05, 0.1) is 25.9 Å². The SMILES string of the molecule is C=CCC1CNCCO1.CCN1CCOCC1. The number of nitrogens with one attached hydrogen (secondary N) is 1. The zero-order valence-corrected chi connectivity index (χ0v) is 11.0. The Labute approximate surface area is 105 Å². The van der Waals surface area contributed by atoms with Gasteiger partial charge in [-0.05, 0) is 13.0 Å². The summed E-state index contributed by atoms with van der Waals surface area (Å²) < 4.78 is 10.5. The van der Waals surface area contributed by atoms with E-state index in [2.05, 4.69) is 23.7 Å².